The molecule has 1 aromatic carbocycles. The molecule has 0 saturated heterocycles. The predicted molar refractivity (Wildman–Crippen MR) is 115 cm³/mol. The smallest absolute Gasteiger partial charge is 0.261 e. The van der Waals surface area contributed by atoms with Crippen molar-refractivity contribution in [2.45, 2.75) is 33.2 Å². The van der Waals surface area contributed by atoms with E-state index in [4.69, 9.17) is 9.47 Å². The van der Waals surface area contributed by atoms with Crippen molar-refractivity contribution < 1.29 is 14.3 Å². The topological polar surface area (TPSA) is 85.4 Å². The number of carbonyl (C=O) groups excluding carboxylic acids is 1. The van der Waals surface area contributed by atoms with E-state index in [2.05, 4.69) is 38.8 Å². The fraction of sp³-hybridized carbons (Fsp3) is 0.350. The van der Waals surface area contributed by atoms with Gasteiger partial charge < -0.3 is 20.1 Å². The van der Waals surface area contributed by atoms with Crippen LogP contribution in [-0.4, -0.2) is 30.1 Å². The number of methoxy groups -OCH3 is 2. The number of aryl methyl sites for hydroxylation is 1. The maximum atomic E-state index is 12.8. The van der Waals surface area contributed by atoms with Crippen LogP contribution in [0.4, 0.5) is 0 Å². The molecule has 0 radical (unpaired) electrons. The van der Waals surface area contributed by atoms with E-state index in [0.29, 0.717) is 23.1 Å². The van der Waals surface area contributed by atoms with Crippen LogP contribution in [0.25, 0.3) is 10.2 Å². The van der Waals surface area contributed by atoms with Crippen molar-refractivity contribution in [2.75, 3.05) is 14.2 Å². The average molecular weight is 435 g/mol. The Kier molecular flexibility index (Phi) is 6.69. The van der Waals surface area contributed by atoms with Gasteiger partial charge in [0.2, 0.25) is 5.88 Å². The van der Waals surface area contributed by atoms with Crippen LogP contribution in [0.1, 0.15) is 37.7 Å². The van der Waals surface area contributed by atoms with E-state index in [1.165, 1.54) is 22.5 Å². The first-order chi connectivity index (χ1) is 13.6. The van der Waals surface area contributed by atoms with Crippen LogP contribution < -0.4 is 15.4 Å². The number of hydrogen-bond acceptors (Lipinski definition) is 7. The molecule has 0 atom stereocenters. The number of aromatic nitrogens is 2. The molecule has 4 rings (SSSR count). The lowest BCUT2D eigenvalue weighted by molar-refractivity contribution is 0.0954. The minimum atomic E-state index is -0.116. The molecule has 0 saturated carbocycles. The van der Waals surface area contributed by atoms with Crippen LogP contribution in [-0.2, 0) is 31.0 Å². The molecule has 0 fully saturated rings. The van der Waals surface area contributed by atoms with Gasteiger partial charge >= 0.3 is 0 Å². The van der Waals surface area contributed by atoms with E-state index in [-0.39, 0.29) is 24.9 Å². The highest BCUT2D eigenvalue weighted by atomic mass is 35.5. The molecule has 9 heteroatoms. The Hall–Kier alpha value is -2.26. The lowest BCUT2D eigenvalue weighted by Crippen LogP contribution is -2.22. The van der Waals surface area contributed by atoms with Gasteiger partial charge in [0.25, 0.3) is 5.91 Å². The van der Waals surface area contributed by atoms with E-state index in [1.54, 1.807) is 14.2 Å². The summed E-state index contributed by atoms with van der Waals surface area (Å²) in [4.78, 5) is 23.1. The van der Waals surface area contributed by atoms with Gasteiger partial charge in [-0.3, -0.25) is 4.79 Å². The third-order valence-corrected chi connectivity index (χ3v) is 6.02. The second kappa shape index (κ2) is 9.04. The third kappa shape index (κ3) is 4.20. The monoisotopic (exact) mass is 434 g/mol. The fourth-order valence-electron chi connectivity index (χ4n) is 3.42. The predicted octanol–water partition coefficient (Wildman–Crippen LogP) is 3.11. The molecular weight excluding hydrogens is 412 g/mol. The van der Waals surface area contributed by atoms with Crippen LogP contribution in [0.5, 0.6) is 5.88 Å². The summed E-state index contributed by atoms with van der Waals surface area (Å²) in [7, 11) is 3.16. The number of rotatable bonds is 6. The van der Waals surface area contributed by atoms with E-state index in [9.17, 15) is 4.79 Å². The number of nitrogens with zero attached hydrogens (tertiary/aromatic N) is 2. The minimum absolute atomic E-state index is 0. The van der Waals surface area contributed by atoms with Crippen LogP contribution >= 0.6 is 23.7 Å². The Bertz CT molecular complexity index is 1050. The summed E-state index contributed by atoms with van der Waals surface area (Å²) >= 11 is 1.35. The molecule has 1 aliphatic rings. The number of nitrogens with one attached hydrogen (secondary N) is 2. The minimum Gasteiger partial charge on any atom is -0.480 e. The van der Waals surface area contributed by atoms with Gasteiger partial charge in [0.15, 0.2) is 5.82 Å². The molecule has 1 amide bonds. The molecule has 3 aromatic rings. The van der Waals surface area contributed by atoms with Crippen molar-refractivity contribution in [3.05, 3.63) is 51.2 Å². The molecule has 2 aromatic heterocycles. The standard InChI is InChI=1S/C20H22N4O3S.ClH/c1-11-16-19(27-3)23-15(10-26-2)24-20(16)28-17(11)18(25)22-7-12-4-5-13-8-21-9-14(13)6-12;/h4-6,21H,7-10H2,1-3H3,(H,22,25);1H. The molecule has 3 heterocycles. The van der Waals surface area contributed by atoms with E-state index in [1.807, 2.05) is 6.92 Å². The number of hydrogen-bond donors (Lipinski definition) is 2. The third-order valence-electron chi connectivity index (χ3n) is 4.83. The summed E-state index contributed by atoms with van der Waals surface area (Å²) in [5.74, 6) is 0.886. The zero-order valence-corrected chi connectivity index (χ0v) is 18.1. The van der Waals surface area contributed by atoms with E-state index >= 15 is 0 Å². The Morgan fingerprint density at radius 1 is 1.24 bits per heavy atom. The molecule has 0 aliphatic carbocycles. The number of fused-ring (bicyclic) bond motifs is 2. The van der Waals surface area contributed by atoms with Gasteiger partial charge in [0, 0.05) is 26.7 Å². The Labute approximate surface area is 179 Å². The number of ether oxygens (including phenoxy) is 2. The Morgan fingerprint density at radius 3 is 2.79 bits per heavy atom. The van der Waals surface area contributed by atoms with Gasteiger partial charge in [-0.1, -0.05) is 18.2 Å². The summed E-state index contributed by atoms with van der Waals surface area (Å²) in [5, 5.41) is 7.13. The van der Waals surface area contributed by atoms with Crippen molar-refractivity contribution in [2.24, 2.45) is 0 Å². The van der Waals surface area contributed by atoms with Crippen LogP contribution in [0.15, 0.2) is 18.2 Å². The first-order valence-corrected chi connectivity index (χ1v) is 9.85. The summed E-state index contributed by atoms with van der Waals surface area (Å²) < 4.78 is 10.5. The van der Waals surface area contributed by atoms with Crippen molar-refractivity contribution >= 4 is 39.9 Å². The van der Waals surface area contributed by atoms with Crippen molar-refractivity contribution in [3.8, 4) is 5.88 Å². The lowest BCUT2D eigenvalue weighted by Gasteiger charge is -2.07. The zero-order chi connectivity index (χ0) is 19.7. The molecule has 2 N–H and O–H groups in total. The number of amides is 1. The largest absolute Gasteiger partial charge is 0.480 e. The Morgan fingerprint density at radius 2 is 2.03 bits per heavy atom. The quantitative estimate of drug-likeness (QED) is 0.620. The van der Waals surface area contributed by atoms with Crippen LogP contribution in [0.2, 0.25) is 0 Å². The second-order valence-corrected chi connectivity index (χ2v) is 7.71. The fourth-order valence-corrected chi connectivity index (χ4v) is 4.53. The Balaban J connectivity index is 0.00000240. The van der Waals surface area contributed by atoms with Gasteiger partial charge in [-0.05, 0) is 29.2 Å². The molecule has 1 aliphatic heterocycles. The van der Waals surface area contributed by atoms with Gasteiger partial charge in [0.1, 0.15) is 11.4 Å². The maximum absolute atomic E-state index is 12.8. The molecular formula is C20H23ClN4O3S. The zero-order valence-electron chi connectivity index (χ0n) is 16.5. The van der Waals surface area contributed by atoms with Gasteiger partial charge in [-0.25, -0.2) is 4.98 Å². The highest BCUT2D eigenvalue weighted by Gasteiger charge is 2.21. The van der Waals surface area contributed by atoms with E-state index < -0.39 is 0 Å². The van der Waals surface area contributed by atoms with Crippen molar-refractivity contribution in [1.82, 2.24) is 20.6 Å². The van der Waals surface area contributed by atoms with Gasteiger partial charge in [-0.15, -0.1) is 23.7 Å². The van der Waals surface area contributed by atoms with Crippen molar-refractivity contribution in [1.29, 1.82) is 0 Å². The molecule has 0 spiro atoms. The van der Waals surface area contributed by atoms with E-state index in [0.717, 1.165) is 34.4 Å². The SMILES string of the molecule is COCc1nc(OC)c2c(C)c(C(=O)NCc3ccc4c(c3)CNC4)sc2n1.Cl. The molecule has 29 heavy (non-hydrogen) atoms. The maximum Gasteiger partial charge on any atom is 0.261 e. The highest BCUT2D eigenvalue weighted by Crippen LogP contribution is 2.35. The van der Waals surface area contributed by atoms with Crippen molar-refractivity contribution in [3.63, 3.8) is 0 Å². The molecule has 154 valence electrons. The summed E-state index contributed by atoms with van der Waals surface area (Å²) in [5.41, 5.74) is 4.55. The lowest BCUT2D eigenvalue weighted by atomic mass is 10.1. The van der Waals surface area contributed by atoms with Crippen LogP contribution in [0, 0.1) is 6.92 Å². The average Bonchev–Trinajstić information content (AvgIpc) is 3.30. The number of carbonyl (C=O) groups is 1. The molecule has 0 unspecified atom stereocenters. The summed E-state index contributed by atoms with van der Waals surface area (Å²) in [6.45, 7) is 4.47. The first-order valence-electron chi connectivity index (χ1n) is 9.03. The number of thiophene rings is 1. The van der Waals surface area contributed by atoms with Gasteiger partial charge in [0.05, 0.1) is 17.4 Å². The highest BCUT2D eigenvalue weighted by molar-refractivity contribution is 7.20. The normalized spacial score (nSPS) is 12.5. The first kappa shape index (κ1) is 21.4. The van der Waals surface area contributed by atoms with Crippen LogP contribution in [0.3, 0.4) is 0 Å². The number of halogens is 1. The number of benzene rings is 1. The molecule has 0 bridgehead atoms. The summed E-state index contributed by atoms with van der Waals surface area (Å²) in [6, 6.07) is 6.34. The van der Waals surface area contributed by atoms with Gasteiger partial charge in [-0.2, -0.15) is 4.98 Å². The molecule has 7 nitrogen and oxygen atoms in total. The summed E-state index contributed by atoms with van der Waals surface area (Å²) in [6.07, 6.45) is 0. The second-order valence-electron chi connectivity index (χ2n) is 6.71.